The molecule has 0 spiro atoms. The fourth-order valence-electron chi connectivity index (χ4n) is 1.39. The minimum atomic E-state index is -1.09. The second-order valence-electron chi connectivity index (χ2n) is 10.1. The average molecular weight is 579 g/mol. The van der Waals surface area contributed by atoms with Gasteiger partial charge in [-0.05, 0) is 40.2 Å². The van der Waals surface area contributed by atoms with Crippen LogP contribution in [-0.4, -0.2) is 108 Å². The van der Waals surface area contributed by atoms with E-state index in [4.69, 9.17) is 9.47 Å². The van der Waals surface area contributed by atoms with Crippen LogP contribution in [0.5, 0.6) is 0 Å². The van der Waals surface area contributed by atoms with Gasteiger partial charge < -0.3 is 45.5 Å². The van der Waals surface area contributed by atoms with Crippen molar-refractivity contribution in [1.82, 2.24) is 0 Å². The highest BCUT2D eigenvalue weighted by Crippen LogP contribution is 1.95. The Morgan fingerprint density at radius 2 is 1.10 bits per heavy atom. The number of rotatable bonds is 11. The number of nitrogens with zero attached hydrogens (tertiary/aromatic N) is 2. The van der Waals surface area contributed by atoms with Crippen molar-refractivity contribution in [3.05, 3.63) is 48.6 Å². The van der Waals surface area contributed by atoms with Gasteiger partial charge in [0.2, 0.25) is 0 Å². The van der Waals surface area contributed by atoms with Gasteiger partial charge in [-0.2, -0.15) is 0 Å². The molecule has 11 heteroatoms. The molecule has 0 unspecified atom stereocenters. The first-order chi connectivity index (χ1) is 17.1. The van der Waals surface area contributed by atoms with Gasteiger partial charge in [0.25, 0.3) is 0 Å². The Balaban J connectivity index is -0.000000135. The number of ether oxygens (including phenoxy) is 3. The second-order valence-corrected chi connectivity index (χ2v) is 10.1. The van der Waals surface area contributed by atoms with Gasteiger partial charge in [-0.1, -0.05) is 25.8 Å². The predicted octanol–water partition coefficient (Wildman–Crippen LogP) is -0.934. The molecule has 0 aliphatic carbocycles. The van der Waals surface area contributed by atoms with E-state index in [1.54, 1.807) is 27.7 Å². The first-order valence-electron chi connectivity index (χ1n) is 12.0. The summed E-state index contributed by atoms with van der Waals surface area (Å²) < 4.78 is 15.9. The number of carboxylic acid groups (broad SMARTS) is 1. The highest BCUT2D eigenvalue weighted by molar-refractivity contribution is 5.87. The van der Waals surface area contributed by atoms with Crippen molar-refractivity contribution < 1.29 is 59.9 Å². The van der Waals surface area contributed by atoms with Gasteiger partial charge in [0.05, 0.1) is 54.9 Å². The topological polar surface area (TPSA) is 119 Å². The molecule has 0 amide bonds. The smallest absolute Gasteiger partial charge is 0.333 e. The molecule has 0 radical (unpaired) electrons. The summed E-state index contributed by atoms with van der Waals surface area (Å²) in [6, 6.07) is 0. The van der Waals surface area contributed by atoms with Gasteiger partial charge in [-0.25, -0.2) is 14.4 Å². The molecule has 0 bridgehead atoms. The van der Waals surface area contributed by atoms with Crippen molar-refractivity contribution in [1.29, 1.82) is 0 Å². The van der Waals surface area contributed by atoms with Crippen LogP contribution in [0.2, 0.25) is 0 Å². The van der Waals surface area contributed by atoms with Gasteiger partial charge in [0.15, 0.2) is 0 Å². The summed E-state index contributed by atoms with van der Waals surface area (Å²) >= 11 is 0. The Morgan fingerprint density at radius 1 is 0.769 bits per heavy atom. The summed E-state index contributed by atoms with van der Waals surface area (Å²) in [6.07, 6.45) is 2.64. The molecule has 0 saturated heterocycles. The average Bonchev–Trinajstić information content (AvgIpc) is 2.77. The highest BCUT2D eigenvalue weighted by atomic mass is 35.5. The first kappa shape index (κ1) is 45.9. The summed E-state index contributed by atoms with van der Waals surface area (Å²) in [7, 11) is 12.3. The molecule has 0 rings (SSSR count). The lowest BCUT2D eigenvalue weighted by atomic mass is 10.3. The summed E-state index contributed by atoms with van der Waals surface area (Å²) in [6.45, 7) is 21.4. The highest BCUT2D eigenvalue weighted by Gasteiger charge is 2.10. The molecule has 0 aromatic carbocycles. The molecule has 10 nitrogen and oxygen atoms in total. The molecule has 0 aliphatic rings. The Hall–Kier alpha value is -2.95. The van der Waals surface area contributed by atoms with Gasteiger partial charge in [0, 0.05) is 17.2 Å². The predicted molar refractivity (Wildman–Crippen MR) is 149 cm³/mol. The number of halogens is 1. The van der Waals surface area contributed by atoms with Crippen LogP contribution in [0.4, 0.5) is 0 Å². The molecule has 0 aromatic rings. The quantitative estimate of drug-likeness (QED) is 0.133. The summed E-state index contributed by atoms with van der Waals surface area (Å²) in [5, 5.41) is 9.75. The van der Waals surface area contributed by atoms with E-state index in [0.29, 0.717) is 31.0 Å². The summed E-state index contributed by atoms with van der Waals surface area (Å²) in [5.41, 5.74) is 1.19. The van der Waals surface area contributed by atoms with Crippen molar-refractivity contribution in [2.45, 2.75) is 34.6 Å². The number of carbonyl (C=O) groups excluding carboxylic acids is 4. The second kappa shape index (κ2) is 25.3. The third-order valence-electron chi connectivity index (χ3n) is 3.90. The van der Waals surface area contributed by atoms with E-state index in [1.165, 1.54) is 13.0 Å². The fourth-order valence-corrected chi connectivity index (χ4v) is 1.39. The minimum Gasteiger partial charge on any atom is -1.00 e. The van der Waals surface area contributed by atoms with Crippen LogP contribution in [0, 0.1) is 0 Å². The van der Waals surface area contributed by atoms with Crippen LogP contribution < -0.4 is 17.5 Å². The maximum atomic E-state index is 10.9. The molecule has 0 N–H and O–H groups in total. The molecule has 0 aromatic heterocycles. The van der Waals surface area contributed by atoms with Crippen molar-refractivity contribution in [2.24, 2.45) is 0 Å². The maximum Gasteiger partial charge on any atom is 0.333 e. The molecule has 0 aliphatic heterocycles. The minimum absolute atomic E-state index is 0. The van der Waals surface area contributed by atoms with Crippen molar-refractivity contribution in [3.8, 4) is 0 Å². The molecule has 0 saturated carbocycles. The van der Waals surface area contributed by atoms with E-state index in [1.807, 2.05) is 0 Å². The van der Waals surface area contributed by atoms with Crippen LogP contribution in [0.1, 0.15) is 34.6 Å². The molecule has 0 atom stereocenters. The molecular weight excluding hydrogens is 528 g/mol. The van der Waals surface area contributed by atoms with Crippen molar-refractivity contribution >= 4 is 23.9 Å². The molecular formula is C28H51ClN2O8. The summed E-state index contributed by atoms with van der Waals surface area (Å²) in [4.78, 5) is 41.6. The normalized spacial score (nSPS) is 10.2. The first-order valence-corrected chi connectivity index (χ1v) is 12.0. The van der Waals surface area contributed by atoms with E-state index in [-0.39, 0.29) is 35.9 Å². The molecule has 0 heterocycles. The van der Waals surface area contributed by atoms with Crippen LogP contribution in [0.15, 0.2) is 48.6 Å². The number of likely N-dealkylation sites (N-methyl/N-ethyl adjacent to an activating group) is 2. The standard InChI is InChI=1S/2C9H18NO2.2C5H8O2.ClH/c2*1-8(2)9(11)12-7-6-10(3,4)5;1-3-5(6)7-4-2;1-3-4(2)5(6)7;/h2*1,6-7H2,2-5H3;3H,1,4H2,2H3;3H,1-2H3,(H,6,7);1H/q2*+1;;;/p-2. The van der Waals surface area contributed by atoms with Crippen LogP contribution in [-0.2, 0) is 33.4 Å². The van der Waals surface area contributed by atoms with Crippen LogP contribution in [0.3, 0.4) is 0 Å². The Morgan fingerprint density at radius 3 is 1.23 bits per heavy atom. The monoisotopic (exact) mass is 578 g/mol. The van der Waals surface area contributed by atoms with E-state index in [9.17, 15) is 24.3 Å². The van der Waals surface area contributed by atoms with E-state index < -0.39 is 5.97 Å². The van der Waals surface area contributed by atoms with Gasteiger partial charge in [-0.15, -0.1) is 0 Å². The number of esters is 3. The van der Waals surface area contributed by atoms with E-state index in [0.717, 1.165) is 28.1 Å². The number of allylic oxidation sites excluding steroid dienone is 1. The van der Waals surface area contributed by atoms with Crippen LogP contribution in [0.25, 0.3) is 0 Å². The Bertz CT molecular complexity index is 765. The largest absolute Gasteiger partial charge is 1.00 e. The van der Waals surface area contributed by atoms with Gasteiger partial charge in [-0.3, -0.25) is 0 Å². The Kier molecular flexibility index (Phi) is 29.8. The zero-order valence-electron chi connectivity index (χ0n) is 25.8. The number of aliphatic carboxylic acids is 1. The molecule has 39 heavy (non-hydrogen) atoms. The van der Waals surface area contributed by atoms with Crippen LogP contribution >= 0.6 is 0 Å². The third kappa shape index (κ3) is 42.4. The van der Waals surface area contributed by atoms with E-state index in [2.05, 4.69) is 66.8 Å². The van der Waals surface area contributed by atoms with E-state index >= 15 is 0 Å². The number of carboxylic acids is 1. The SMILES string of the molecule is C=C(C)C(=O)OCC[N+](C)(C)C.C=C(C)C(=O)OCC[N+](C)(C)C.C=CC(=O)OCC.CC=C(C)C(=O)[O-].[Cl-]. The third-order valence-corrected chi connectivity index (χ3v) is 3.90. The number of carbonyl (C=O) groups is 4. The van der Waals surface area contributed by atoms with Crippen molar-refractivity contribution in [2.75, 3.05) is 75.2 Å². The lowest BCUT2D eigenvalue weighted by Crippen LogP contribution is -3.00. The Labute approximate surface area is 242 Å². The van der Waals surface area contributed by atoms with Gasteiger partial charge in [0.1, 0.15) is 26.3 Å². The number of quaternary nitrogens is 2. The zero-order valence-corrected chi connectivity index (χ0v) is 26.6. The fraction of sp³-hybridized carbons (Fsp3) is 0.571. The van der Waals surface area contributed by atoms with Crippen molar-refractivity contribution in [3.63, 3.8) is 0 Å². The number of hydrogen-bond acceptors (Lipinski definition) is 8. The summed E-state index contributed by atoms with van der Waals surface area (Å²) in [5.74, 6) is -2.06. The molecule has 228 valence electrons. The zero-order chi connectivity index (χ0) is 31.1. The number of hydrogen-bond donors (Lipinski definition) is 0. The lowest BCUT2D eigenvalue weighted by Gasteiger charge is -2.23. The maximum absolute atomic E-state index is 10.9. The lowest BCUT2D eigenvalue weighted by molar-refractivity contribution is -0.870. The molecule has 0 fully saturated rings. The van der Waals surface area contributed by atoms with Gasteiger partial charge >= 0.3 is 17.9 Å².